The van der Waals surface area contributed by atoms with Gasteiger partial charge in [-0.25, -0.2) is 0 Å². The van der Waals surface area contributed by atoms with Crippen LogP contribution in [0, 0.1) is 6.92 Å². The molecule has 2 nitrogen and oxygen atoms in total. The molecule has 0 amide bonds. The van der Waals surface area contributed by atoms with Crippen molar-refractivity contribution in [3.05, 3.63) is 65.2 Å². The molecule has 1 heterocycles. The molecule has 1 atom stereocenters. The molecule has 19 heavy (non-hydrogen) atoms. The first-order chi connectivity index (χ1) is 9.15. The van der Waals surface area contributed by atoms with E-state index in [1.54, 1.807) is 0 Å². The molecule has 0 bridgehead atoms. The second-order valence-electron chi connectivity index (χ2n) is 5.60. The van der Waals surface area contributed by atoms with Gasteiger partial charge in [-0.2, -0.15) is 0 Å². The molecule has 0 spiro atoms. The van der Waals surface area contributed by atoms with Crippen LogP contribution >= 0.6 is 0 Å². The van der Waals surface area contributed by atoms with Crippen molar-refractivity contribution >= 4 is 0 Å². The van der Waals surface area contributed by atoms with Crippen LogP contribution in [-0.2, 0) is 12.8 Å². The van der Waals surface area contributed by atoms with Crippen LogP contribution in [0.15, 0.2) is 48.5 Å². The van der Waals surface area contributed by atoms with E-state index in [9.17, 15) is 0 Å². The van der Waals surface area contributed by atoms with Gasteiger partial charge in [-0.1, -0.05) is 48.0 Å². The van der Waals surface area contributed by atoms with Gasteiger partial charge in [0.05, 0.1) is 5.54 Å². The zero-order valence-corrected chi connectivity index (χ0v) is 11.2. The monoisotopic (exact) mass is 253 g/mol. The Labute approximate surface area is 114 Å². The number of aryl methyl sites for hydroxylation is 1. The average Bonchev–Trinajstić information content (AvgIpc) is 2.38. The van der Waals surface area contributed by atoms with E-state index in [1.165, 1.54) is 16.7 Å². The molecular formula is C17H19NO. The molecule has 0 saturated carbocycles. The van der Waals surface area contributed by atoms with Gasteiger partial charge in [0, 0.05) is 0 Å². The highest BCUT2D eigenvalue weighted by Gasteiger charge is 2.32. The minimum absolute atomic E-state index is 0.303. The molecule has 2 N–H and O–H groups in total. The van der Waals surface area contributed by atoms with Gasteiger partial charge in [0.2, 0.25) is 0 Å². The van der Waals surface area contributed by atoms with Gasteiger partial charge in [-0.05, 0) is 37.0 Å². The van der Waals surface area contributed by atoms with Crippen molar-refractivity contribution in [3.8, 4) is 5.75 Å². The number of hydrogen-bond donors (Lipinski definition) is 1. The van der Waals surface area contributed by atoms with Crippen LogP contribution < -0.4 is 10.5 Å². The molecule has 1 unspecified atom stereocenters. The lowest BCUT2D eigenvalue weighted by atomic mass is 9.84. The first kappa shape index (κ1) is 12.2. The summed E-state index contributed by atoms with van der Waals surface area (Å²) in [7, 11) is 0. The van der Waals surface area contributed by atoms with Gasteiger partial charge in [-0.3, -0.25) is 0 Å². The number of benzene rings is 2. The molecule has 0 fully saturated rings. The summed E-state index contributed by atoms with van der Waals surface area (Å²) in [5.41, 5.74) is 10.00. The largest absolute Gasteiger partial charge is 0.491 e. The molecule has 1 aliphatic rings. The van der Waals surface area contributed by atoms with E-state index in [0.717, 1.165) is 18.6 Å². The van der Waals surface area contributed by atoms with E-state index in [-0.39, 0.29) is 5.54 Å². The highest BCUT2D eigenvalue weighted by Crippen LogP contribution is 2.29. The summed E-state index contributed by atoms with van der Waals surface area (Å²) in [5, 5.41) is 0. The number of rotatable bonds is 2. The zero-order chi connectivity index (χ0) is 13.3. The van der Waals surface area contributed by atoms with E-state index in [4.69, 9.17) is 10.5 Å². The van der Waals surface area contributed by atoms with Crippen molar-refractivity contribution in [2.75, 3.05) is 6.61 Å². The maximum absolute atomic E-state index is 6.53. The van der Waals surface area contributed by atoms with Crippen molar-refractivity contribution in [2.45, 2.75) is 25.3 Å². The summed E-state index contributed by atoms with van der Waals surface area (Å²) in [4.78, 5) is 0. The maximum Gasteiger partial charge on any atom is 0.122 e. The highest BCUT2D eigenvalue weighted by molar-refractivity contribution is 5.37. The van der Waals surface area contributed by atoms with E-state index >= 15 is 0 Å². The van der Waals surface area contributed by atoms with Crippen LogP contribution in [0.3, 0.4) is 0 Å². The third-order valence-corrected chi connectivity index (χ3v) is 3.67. The summed E-state index contributed by atoms with van der Waals surface area (Å²) in [6.45, 7) is 2.69. The molecule has 2 aromatic rings. The molecule has 0 radical (unpaired) electrons. The SMILES string of the molecule is Cc1cccc(CC2(N)COc3ccccc3C2)c1. The summed E-state index contributed by atoms with van der Waals surface area (Å²) in [6.07, 6.45) is 1.72. The molecule has 98 valence electrons. The van der Waals surface area contributed by atoms with Gasteiger partial charge in [0.1, 0.15) is 12.4 Å². The molecule has 0 saturated heterocycles. The summed E-state index contributed by atoms with van der Waals surface area (Å²) >= 11 is 0. The quantitative estimate of drug-likeness (QED) is 0.893. The molecule has 0 aliphatic carbocycles. The van der Waals surface area contributed by atoms with Crippen LogP contribution in [0.5, 0.6) is 5.75 Å². The third kappa shape index (κ3) is 2.64. The normalized spacial score (nSPS) is 21.6. The van der Waals surface area contributed by atoms with Gasteiger partial charge >= 0.3 is 0 Å². The molecule has 2 heteroatoms. The lowest BCUT2D eigenvalue weighted by Gasteiger charge is -2.34. The van der Waals surface area contributed by atoms with Crippen molar-refractivity contribution in [2.24, 2.45) is 5.73 Å². The fraction of sp³-hybridized carbons (Fsp3) is 0.294. The molecule has 3 rings (SSSR count). The van der Waals surface area contributed by atoms with Crippen molar-refractivity contribution in [1.82, 2.24) is 0 Å². The minimum Gasteiger partial charge on any atom is -0.491 e. The van der Waals surface area contributed by atoms with Crippen molar-refractivity contribution < 1.29 is 4.74 Å². The Morgan fingerprint density at radius 1 is 1.16 bits per heavy atom. The van der Waals surface area contributed by atoms with E-state index < -0.39 is 0 Å². The fourth-order valence-corrected chi connectivity index (χ4v) is 2.78. The zero-order valence-electron chi connectivity index (χ0n) is 11.2. The number of fused-ring (bicyclic) bond motifs is 1. The predicted octanol–water partition coefficient (Wildman–Crippen LogP) is 2.87. The Bertz CT molecular complexity index is 593. The second kappa shape index (κ2) is 4.71. The molecular weight excluding hydrogens is 234 g/mol. The average molecular weight is 253 g/mol. The topological polar surface area (TPSA) is 35.2 Å². The Kier molecular flexibility index (Phi) is 3.03. The van der Waals surface area contributed by atoms with Crippen LogP contribution in [0.25, 0.3) is 0 Å². The van der Waals surface area contributed by atoms with Gasteiger partial charge in [-0.15, -0.1) is 0 Å². The minimum atomic E-state index is -0.303. The fourth-order valence-electron chi connectivity index (χ4n) is 2.78. The first-order valence-electron chi connectivity index (χ1n) is 6.70. The number of ether oxygens (including phenoxy) is 1. The van der Waals surface area contributed by atoms with E-state index in [2.05, 4.69) is 37.3 Å². The standard InChI is InChI=1S/C17H19NO/c1-13-5-4-6-14(9-13)10-17(18)11-15-7-2-3-8-16(15)19-12-17/h2-9H,10-12,18H2,1H3. The van der Waals surface area contributed by atoms with Crippen LogP contribution in [0.1, 0.15) is 16.7 Å². The molecule has 0 aromatic heterocycles. The van der Waals surface area contributed by atoms with Gasteiger partial charge < -0.3 is 10.5 Å². The van der Waals surface area contributed by atoms with Crippen molar-refractivity contribution in [1.29, 1.82) is 0 Å². The lowest BCUT2D eigenvalue weighted by molar-refractivity contribution is 0.190. The Hall–Kier alpha value is -1.80. The second-order valence-corrected chi connectivity index (χ2v) is 5.60. The summed E-state index contributed by atoms with van der Waals surface area (Å²) in [5.74, 6) is 0.979. The van der Waals surface area contributed by atoms with Gasteiger partial charge in [0.15, 0.2) is 0 Å². The number of nitrogens with two attached hydrogens (primary N) is 1. The smallest absolute Gasteiger partial charge is 0.122 e. The number of para-hydroxylation sites is 1. The highest BCUT2D eigenvalue weighted by atomic mass is 16.5. The third-order valence-electron chi connectivity index (χ3n) is 3.67. The number of hydrogen-bond acceptors (Lipinski definition) is 2. The first-order valence-corrected chi connectivity index (χ1v) is 6.70. The van der Waals surface area contributed by atoms with E-state index in [1.807, 2.05) is 18.2 Å². The Morgan fingerprint density at radius 3 is 2.84 bits per heavy atom. The van der Waals surface area contributed by atoms with Crippen LogP contribution in [0.2, 0.25) is 0 Å². The van der Waals surface area contributed by atoms with Gasteiger partial charge in [0.25, 0.3) is 0 Å². The maximum atomic E-state index is 6.53. The predicted molar refractivity (Wildman–Crippen MR) is 77.4 cm³/mol. The lowest BCUT2D eigenvalue weighted by Crippen LogP contribution is -2.51. The molecule has 2 aromatic carbocycles. The Balaban J connectivity index is 1.82. The molecule has 1 aliphatic heterocycles. The Morgan fingerprint density at radius 2 is 2.00 bits per heavy atom. The summed E-state index contributed by atoms with van der Waals surface area (Å²) in [6, 6.07) is 16.7. The van der Waals surface area contributed by atoms with E-state index in [0.29, 0.717) is 6.61 Å². The van der Waals surface area contributed by atoms with Crippen LogP contribution in [0.4, 0.5) is 0 Å². The summed E-state index contributed by atoms with van der Waals surface area (Å²) < 4.78 is 5.82. The van der Waals surface area contributed by atoms with Crippen molar-refractivity contribution in [3.63, 3.8) is 0 Å². The van der Waals surface area contributed by atoms with Crippen LogP contribution in [-0.4, -0.2) is 12.1 Å².